The minimum Gasteiger partial charge on any atom is -0.396 e. The quantitative estimate of drug-likeness (QED) is 0.844. The molecule has 21 heavy (non-hydrogen) atoms. The van der Waals surface area contributed by atoms with Gasteiger partial charge in [-0.2, -0.15) is 0 Å². The Balaban J connectivity index is 1.70. The van der Waals surface area contributed by atoms with Crippen LogP contribution < -0.4 is 5.73 Å². The number of carbonyl (C=O) groups excluding carboxylic acids is 1. The monoisotopic (exact) mass is 288 g/mol. The molecule has 1 amide bonds. The lowest BCUT2D eigenvalue weighted by Crippen LogP contribution is -2.29. The van der Waals surface area contributed by atoms with Gasteiger partial charge in [-0.05, 0) is 55.2 Å². The molecule has 0 spiro atoms. The van der Waals surface area contributed by atoms with Gasteiger partial charge in [-0.15, -0.1) is 0 Å². The summed E-state index contributed by atoms with van der Waals surface area (Å²) in [4.78, 5) is 13.6. The number of anilines is 1. The van der Waals surface area contributed by atoms with Gasteiger partial charge in [-0.1, -0.05) is 12.1 Å². The lowest BCUT2D eigenvalue weighted by atomic mass is 9.90. The average Bonchev–Trinajstić information content (AvgIpc) is 3.29. The van der Waals surface area contributed by atoms with Crippen molar-refractivity contribution in [2.45, 2.75) is 38.0 Å². The molecule has 1 atom stereocenters. The standard InChI is InChI=1S/C17H21FN2O/c18-15-7-6-13(11-16(15)19)14(12-4-5-12)8-10-20-9-2-1-3-17(20)21/h2,6-7,9,11-12,14H,1,3-5,8,10,19H2. The Morgan fingerprint density at radius 1 is 1.38 bits per heavy atom. The molecule has 2 N–H and O–H groups in total. The molecule has 3 rings (SSSR count). The molecule has 1 fully saturated rings. The Morgan fingerprint density at radius 3 is 2.86 bits per heavy atom. The molecule has 0 bridgehead atoms. The molecule has 1 unspecified atom stereocenters. The van der Waals surface area contributed by atoms with Crippen molar-refractivity contribution in [1.82, 2.24) is 4.90 Å². The van der Waals surface area contributed by atoms with Crippen molar-refractivity contribution in [2.24, 2.45) is 5.92 Å². The summed E-state index contributed by atoms with van der Waals surface area (Å²) in [5, 5.41) is 0. The van der Waals surface area contributed by atoms with E-state index in [4.69, 9.17) is 5.73 Å². The molecule has 0 saturated heterocycles. The predicted molar refractivity (Wildman–Crippen MR) is 81.0 cm³/mol. The number of nitrogen functional groups attached to an aromatic ring is 1. The number of nitrogens with zero attached hydrogens (tertiary/aromatic N) is 1. The fraction of sp³-hybridized carbons (Fsp3) is 0.471. The van der Waals surface area contributed by atoms with Gasteiger partial charge in [-0.3, -0.25) is 4.79 Å². The molecule has 1 aromatic rings. The van der Waals surface area contributed by atoms with Crippen molar-refractivity contribution in [3.05, 3.63) is 41.9 Å². The number of rotatable bonds is 5. The largest absolute Gasteiger partial charge is 0.396 e. The van der Waals surface area contributed by atoms with Crippen LogP contribution in [0.3, 0.4) is 0 Å². The Kier molecular flexibility index (Phi) is 3.95. The van der Waals surface area contributed by atoms with E-state index in [9.17, 15) is 9.18 Å². The van der Waals surface area contributed by atoms with Crippen LogP contribution in [0, 0.1) is 11.7 Å². The molecule has 1 aromatic carbocycles. The van der Waals surface area contributed by atoms with E-state index in [-0.39, 0.29) is 17.4 Å². The number of halogens is 1. The smallest absolute Gasteiger partial charge is 0.226 e. The first-order chi connectivity index (χ1) is 10.1. The maximum atomic E-state index is 13.3. The average molecular weight is 288 g/mol. The highest BCUT2D eigenvalue weighted by molar-refractivity contribution is 5.78. The summed E-state index contributed by atoms with van der Waals surface area (Å²) in [6.07, 6.45) is 8.73. The molecule has 112 valence electrons. The number of benzene rings is 1. The first kappa shape index (κ1) is 14.1. The zero-order chi connectivity index (χ0) is 14.8. The van der Waals surface area contributed by atoms with E-state index < -0.39 is 0 Å². The van der Waals surface area contributed by atoms with Crippen molar-refractivity contribution in [2.75, 3.05) is 12.3 Å². The second-order valence-electron chi connectivity index (χ2n) is 6.02. The van der Waals surface area contributed by atoms with E-state index in [0.717, 1.165) is 24.9 Å². The first-order valence-electron chi connectivity index (χ1n) is 7.66. The van der Waals surface area contributed by atoms with E-state index in [0.29, 0.717) is 18.3 Å². The van der Waals surface area contributed by atoms with Crippen LogP contribution in [-0.2, 0) is 4.79 Å². The maximum absolute atomic E-state index is 13.3. The summed E-state index contributed by atoms with van der Waals surface area (Å²) < 4.78 is 13.3. The zero-order valence-electron chi connectivity index (χ0n) is 12.1. The molecular formula is C17H21FN2O. The van der Waals surface area contributed by atoms with Gasteiger partial charge in [0, 0.05) is 19.2 Å². The first-order valence-corrected chi connectivity index (χ1v) is 7.66. The highest BCUT2D eigenvalue weighted by Gasteiger charge is 2.32. The topological polar surface area (TPSA) is 46.3 Å². The molecule has 2 aliphatic rings. The third-order valence-corrected chi connectivity index (χ3v) is 4.45. The summed E-state index contributed by atoms with van der Waals surface area (Å²) in [6, 6.07) is 5.04. The van der Waals surface area contributed by atoms with E-state index in [1.54, 1.807) is 6.07 Å². The number of hydrogen-bond donors (Lipinski definition) is 1. The van der Waals surface area contributed by atoms with Crippen molar-refractivity contribution in [1.29, 1.82) is 0 Å². The fourth-order valence-electron chi connectivity index (χ4n) is 3.08. The van der Waals surface area contributed by atoms with E-state index in [1.807, 2.05) is 23.2 Å². The summed E-state index contributed by atoms with van der Waals surface area (Å²) in [5.74, 6) is 0.864. The van der Waals surface area contributed by atoms with Gasteiger partial charge in [-0.25, -0.2) is 4.39 Å². The van der Waals surface area contributed by atoms with Crippen molar-refractivity contribution in [3.8, 4) is 0 Å². The van der Waals surface area contributed by atoms with Gasteiger partial charge < -0.3 is 10.6 Å². The third kappa shape index (κ3) is 3.26. The predicted octanol–water partition coefficient (Wildman–Crippen LogP) is 3.43. The minimum absolute atomic E-state index is 0.200. The number of amides is 1. The van der Waals surface area contributed by atoms with Crippen LogP contribution in [0.15, 0.2) is 30.5 Å². The number of nitrogens with two attached hydrogens (primary N) is 1. The highest BCUT2D eigenvalue weighted by atomic mass is 19.1. The summed E-state index contributed by atoms with van der Waals surface area (Å²) >= 11 is 0. The second kappa shape index (κ2) is 5.88. The van der Waals surface area contributed by atoms with Crippen LogP contribution in [0.4, 0.5) is 10.1 Å². The van der Waals surface area contributed by atoms with Crippen LogP contribution in [0.5, 0.6) is 0 Å². The Labute approximate surface area is 124 Å². The molecule has 1 heterocycles. The highest BCUT2D eigenvalue weighted by Crippen LogP contribution is 2.45. The van der Waals surface area contributed by atoms with Crippen molar-refractivity contribution >= 4 is 11.6 Å². The molecule has 0 aromatic heterocycles. The van der Waals surface area contributed by atoms with Crippen LogP contribution in [0.2, 0.25) is 0 Å². The normalized spacial score (nSPS) is 19.9. The van der Waals surface area contributed by atoms with E-state index in [2.05, 4.69) is 0 Å². The summed E-state index contributed by atoms with van der Waals surface area (Å²) in [7, 11) is 0. The van der Waals surface area contributed by atoms with Crippen molar-refractivity contribution < 1.29 is 9.18 Å². The van der Waals surface area contributed by atoms with E-state index in [1.165, 1.54) is 18.9 Å². The molecule has 1 saturated carbocycles. The van der Waals surface area contributed by atoms with Gasteiger partial charge in [0.2, 0.25) is 5.91 Å². The van der Waals surface area contributed by atoms with Crippen LogP contribution in [-0.4, -0.2) is 17.4 Å². The number of allylic oxidation sites excluding steroid dienone is 1. The number of carbonyl (C=O) groups is 1. The van der Waals surface area contributed by atoms with E-state index >= 15 is 0 Å². The SMILES string of the molecule is Nc1cc(C(CCN2C=CCCC2=O)C2CC2)ccc1F. The Hall–Kier alpha value is -1.84. The van der Waals surface area contributed by atoms with Gasteiger partial charge >= 0.3 is 0 Å². The van der Waals surface area contributed by atoms with Crippen LogP contribution >= 0.6 is 0 Å². The molecule has 1 aliphatic carbocycles. The van der Waals surface area contributed by atoms with Crippen molar-refractivity contribution in [3.63, 3.8) is 0 Å². The minimum atomic E-state index is -0.359. The molecular weight excluding hydrogens is 267 g/mol. The lowest BCUT2D eigenvalue weighted by molar-refractivity contribution is -0.129. The van der Waals surface area contributed by atoms with Gasteiger partial charge in [0.25, 0.3) is 0 Å². The second-order valence-corrected chi connectivity index (χ2v) is 6.02. The van der Waals surface area contributed by atoms with Crippen LogP contribution in [0.1, 0.15) is 43.6 Å². The Bertz CT molecular complexity index is 566. The molecule has 3 nitrogen and oxygen atoms in total. The van der Waals surface area contributed by atoms with Gasteiger partial charge in [0.15, 0.2) is 0 Å². The van der Waals surface area contributed by atoms with Gasteiger partial charge in [0.1, 0.15) is 5.82 Å². The zero-order valence-corrected chi connectivity index (χ0v) is 12.1. The number of hydrogen-bond acceptors (Lipinski definition) is 2. The molecule has 1 aliphatic heterocycles. The summed E-state index contributed by atoms with van der Waals surface area (Å²) in [5.41, 5.74) is 7.01. The molecule has 0 radical (unpaired) electrons. The lowest BCUT2D eigenvalue weighted by Gasteiger charge is -2.25. The molecule has 4 heteroatoms. The van der Waals surface area contributed by atoms with Crippen LogP contribution in [0.25, 0.3) is 0 Å². The van der Waals surface area contributed by atoms with Gasteiger partial charge in [0.05, 0.1) is 5.69 Å². The maximum Gasteiger partial charge on any atom is 0.226 e. The fourth-order valence-corrected chi connectivity index (χ4v) is 3.08. The third-order valence-electron chi connectivity index (χ3n) is 4.45. The Morgan fingerprint density at radius 2 is 2.19 bits per heavy atom. The summed E-state index contributed by atoms with van der Waals surface area (Å²) in [6.45, 7) is 0.730.